The number of hydrogen-bond acceptors (Lipinski definition) is 4. The largest absolute Gasteiger partial charge is 0.313 e. The molecule has 0 bridgehead atoms. The highest BCUT2D eigenvalue weighted by Gasteiger charge is 2.10. The molecule has 1 aromatic heterocycles. The van der Waals surface area contributed by atoms with E-state index in [2.05, 4.69) is 22.2 Å². The summed E-state index contributed by atoms with van der Waals surface area (Å²) < 4.78 is 13.7. The number of nitrogens with zero attached hydrogens (tertiary/aromatic N) is 3. The Morgan fingerprint density at radius 2 is 1.90 bits per heavy atom. The predicted octanol–water partition coefficient (Wildman–Crippen LogP) is 2.88. The number of aromatic nitrogens is 2. The third kappa shape index (κ3) is 3.51. The van der Waals surface area contributed by atoms with E-state index < -0.39 is 0 Å². The summed E-state index contributed by atoms with van der Waals surface area (Å²) in [7, 11) is 1.75. The van der Waals surface area contributed by atoms with Gasteiger partial charge < -0.3 is 10.2 Å². The van der Waals surface area contributed by atoms with Gasteiger partial charge in [-0.2, -0.15) is 0 Å². The second-order valence-corrected chi connectivity index (χ2v) is 4.58. The third-order valence-corrected chi connectivity index (χ3v) is 2.96. The third-order valence-electron chi connectivity index (χ3n) is 2.96. The van der Waals surface area contributed by atoms with E-state index in [1.54, 1.807) is 42.5 Å². The topological polar surface area (TPSA) is 41.1 Å². The molecule has 20 heavy (non-hydrogen) atoms. The Morgan fingerprint density at radius 3 is 2.55 bits per heavy atom. The van der Waals surface area contributed by atoms with E-state index >= 15 is 0 Å². The van der Waals surface area contributed by atoms with Crippen molar-refractivity contribution in [2.24, 2.45) is 0 Å². The molecule has 0 unspecified atom stereocenters. The molecule has 1 heterocycles. The predicted molar refractivity (Wildman–Crippen MR) is 78.5 cm³/mol. The molecule has 0 radical (unpaired) electrons. The van der Waals surface area contributed by atoms with Crippen molar-refractivity contribution in [2.75, 3.05) is 18.5 Å². The van der Waals surface area contributed by atoms with Crippen LogP contribution < -0.4 is 10.2 Å². The molecular weight excluding hydrogens is 255 g/mol. The summed E-state index contributed by atoms with van der Waals surface area (Å²) >= 11 is 0. The van der Waals surface area contributed by atoms with Crippen molar-refractivity contribution in [1.82, 2.24) is 15.3 Å². The van der Waals surface area contributed by atoms with Crippen LogP contribution in [0.5, 0.6) is 0 Å². The van der Waals surface area contributed by atoms with E-state index in [0.717, 1.165) is 25.1 Å². The zero-order chi connectivity index (χ0) is 14.4. The molecule has 1 N–H and O–H groups in total. The van der Waals surface area contributed by atoms with Gasteiger partial charge in [-0.1, -0.05) is 19.1 Å². The number of benzene rings is 1. The summed E-state index contributed by atoms with van der Waals surface area (Å²) in [6, 6.07) is 6.58. The van der Waals surface area contributed by atoms with Crippen LogP contribution in [-0.2, 0) is 6.54 Å². The molecule has 5 heteroatoms. The molecule has 4 nitrogen and oxygen atoms in total. The Bertz CT molecular complexity index is 542. The van der Waals surface area contributed by atoms with Gasteiger partial charge in [0.15, 0.2) is 0 Å². The van der Waals surface area contributed by atoms with Gasteiger partial charge in [0.1, 0.15) is 5.82 Å². The van der Waals surface area contributed by atoms with E-state index in [9.17, 15) is 4.39 Å². The summed E-state index contributed by atoms with van der Waals surface area (Å²) in [6.45, 7) is 3.84. The van der Waals surface area contributed by atoms with Gasteiger partial charge >= 0.3 is 0 Å². The molecule has 0 aliphatic heterocycles. The van der Waals surface area contributed by atoms with Crippen molar-refractivity contribution in [1.29, 1.82) is 0 Å². The van der Waals surface area contributed by atoms with Crippen molar-refractivity contribution < 1.29 is 4.39 Å². The molecule has 0 aliphatic carbocycles. The maximum atomic E-state index is 13.7. The molecule has 1 aromatic carbocycles. The first-order valence-corrected chi connectivity index (χ1v) is 6.72. The summed E-state index contributed by atoms with van der Waals surface area (Å²) in [5.74, 6) is 0.196. The highest BCUT2D eigenvalue weighted by molar-refractivity contribution is 5.56. The minimum atomic E-state index is -0.285. The van der Waals surface area contributed by atoms with Gasteiger partial charge in [0.2, 0.25) is 5.95 Å². The fourth-order valence-electron chi connectivity index (χ4n) is 1.85. The SMILES string of the molecule is CCCNCc1cnc(N(C)c2ccccc2F)nc1. The summed E-state index contributed by atoms with van der Waals surface area (Å²) in [5.41, 5.74) is 1.48. The maximum Gasteiger partial charge on any atom is 0.229 e. The van der Waals surface area contributed by atoms with E-state index in [0.29, 0.717) is 11.6 Å². The highest BCUT2D eigenvalue weighted by atomic mass is 19.1. The number of rotatable bonds is 6. The number of hydrogen-bond donors (Lipinski definition) is 1. The van der Waals surface area contributed by atoms with Crippen molar-refractivity contribution in [3.8, 4) is 0 Å². The zero-order valence-electron chi connectivity index (χ0n) is 11.8. The van der Waals surface area contributed by atoms with Crippen molar-refractivity contribution in [2.45, 2.75) is 19.9 Å². The molecule has 0 atom stereocenters. The summed E-state index contributed by atoms with van der Waals surface area (Å²) in [4.78, 5) is 10.2. The summed E-state index contributed by atoms with van der Waals surface area (Å²) in [5, 5.41) is 3.29. The van der Waals surface area contributed by atoms with Gasteiger partial charge in [-0.15, -0.1) is 0 Å². The van der Waals surface area contributed by atoms with E-state index in [1.165, 1.54) is 6.07 Å². The lowest BCUT2D eigenvalue weighted by Crippen LogP contribution is -2.16. The first-order chi connectivity index (χ1) is 9.72. The molecule has 0 spiro atoms. The highest BCUT2D eigenvalue weighted by Crippen LogP contribution is 2.22. The Balaban J connectivity index is 2.08. The van der Waals surface area contributed by atoms with E-state index in [1.807, 2.05) is 0 Å². The Hall–Kier alpha value is -2.01. The average Bonchev–Trinajstić information content (AvgIpc) is 2.48. The second kappa shape index (κ2) is 6.96. The number of para-hydroxylation sites is 1. The molecule has 2 aromatic rings. The Kier molecular flexibility index (Phi) is 5.01. The zero-order valence-corrected chi connectivity index (χ0v) is 11.8. The molecule has 106 valence electrons. The van der Waals surface area contributed by atoms with Gasteiger partial charge in [0.05, 0.1) is 5.69 Å². The average molecular weight is 274 g/mol. The quantitative estimate of drug-likeness (QED) is 0.822. The second-order valence-electron chi connectivity index (χ2n) is 4.58. The molecule has 0 aliphatic rings. The first-order valence-electron chi connectivity index (χ1n) is 6.72. The van der Waals surface area contributed by atoms with Crippen LogP contribution in [0.25, 0.3) is 0 Å². The smallest absolute Gasteiger partial charge is 0.229 e. The lowest BCUT2D eigenvalue weighted by Gasteiger charge is -2.17. The molecule has 0 amide bonds. The van der Waals surface area contributed by atoms with Gasteiger partial charge in [-0.25, -0.2) is 14.4 Å². The fraction of sp³-hybridized carbons (Fsp3) is 0.333. The standard InChI is InChI=1S/C15H19FN4/c1-3-8-17-9-12-10-18-15(19-11-12)20(2)14-7-5-4-6-13(14)16/h4-7,10-11,17H,3,8-9H2,1-2H3. The van der Waals surface area contributed by atoms with E-state index in [4.69, 9.17) is 0 Å². The number of anilines is 2. The van der Waals surface area contributed by atoms with Crippen LogP contribution in [0.2, 0.25) is 0 Å². The Morgan fingerprint density at radius 1 is 1.20 bits per heavy atom. The minimum absolute atomic E-state index is 0.285. The first kappa shape index (κ1) is 14.4. The normalized spacial score (nSPS) is 10.6. The minimum Gasteiger partial charge on any atom is -0.313 e. The van der Waals surface area contributed by atoms with Crippen LogP contribution in [0.4, 0.5) is 16.0 Å². The van der Waals surface area contributed by atoms with Crippen LogP contribution in [0.15, 0.2) is 36.7 Å². The van der Waals surface area contributed by atoms with Crippen molar-refractivity contribution >= 4 is 11.6 Å². The molecule has 0 saturated heterocycles. The van der Waals surface area contributed by atoms with Crippen molar-refractivity contribution in [3.63, 3.8) is 0 Å². The van der Waals surface area contributed by atoms with Gasteiger partial charge in [-0.3, -0.25) is 0 Å². The molecule has 2 rings (SSSR count). The molecular formula is C15H19FN4. The lowest BCUT2D eigenvalue weighted by atomic mass is 10.3. The lowest BCUT2D eigenvalue weighted by molar-refractivity contribution is 0.626. The van der Waals surface area contributed by atoms with Crippen LogP contribution >= 0.6 is 0 Å². The van der Waals surface area contributed by atoms with Gasteiger partial charge in [0.25, 0.3) is 0 Å². The van der Waals surface area contributed by atoms with Crippen molar-refractivity contribution in [3.05, 3.63) is 48.0 Å². The van der Waals surface area contributed by atoms with E-state index in [-0.39, 0.29) is 5.82 Å². The number of halogens is 1. The molecule has 0 fully saturated rings. The number of nitrogens with one attached hydrogen (secondary N) is 1. The van der Waals surface area contributed by atoms with Crippen LogP contribution in [0.1, 0.15) is 18.9 Å². The Labute approximate surface area is 118 Å². The summed E-state index contributed by atoms with van der Waals surface area (Å²) in [6.07, 6.45) is 4.62. The van der Waals surface area contributed by atoms with Gasteiger partial charge in [0, 0.05) is 31.5 Å². The van der Waals surface area contributed by atoms with Crippen LogP contribution in [-0.4, -0.2) is 23.6 Å². The fourth-order valence-corrected chi connectivity index (χ4v) is 1.85. The van der Waals surface area contributed by atoms with Gasteiger partial charge in [-0.05, 0) is 25.1 Å². The maximum absolute atomic E-state index is 13.7. The monoisotopic (exact) mass is 274 g/mol. The van der Waals surface area contributed by atoms with Crippen LogP contribution in [0, 0.1) is 5.82 Å². The van der Waals surface area contributed by atoms with Crippen LogP contribution in [0.3, 0.4) is 0 Å². The molecule has 0 saturated carbocycles.